The minimum atomic E-state index is -3.81. The molecule has 1 fully saturated rings. The second kappa shape index (κ2) is 8.19. The summed E-state index contributed by atoms with van der Waals surface area (Å²) in [5, 5.41) is 11.7. The van der Waals surface area contributed by atoms with Crippen molar-refractivity contribution in [1.82, 2.24) is 18.8 Å². The van der Waals surface area contributed by atoms with E-state index in [0.29, 0.717) is 43.3 Å². The number of rotatable bonds is 5. The van der Waals surface area contributed by atoms with Crippen LogP contribution in [0.15, 0.2) is 41.3 Å². The first kappa shape index (κ1) is 21.7. The molecule has 164 valence electrons. The van der Waals surface area contributed by atoms with Gasteiger partial charge in [0.05, 0.1) is 27.4 Å². The number of sulfonamides is 1. The van der Waals surface area contributed by atoms with Gasteiger partial charge in [-0.1, -0.05) is 17.7 Å². The van der Waals surface area contributed by atoms with E-state index >= 15 is 0 Å². The summed E-state index contributed by atoms with van der Waals surface area (Å²) in [6.45, 7) is 3.92. The van der Waals surface area contributed by atoms with Crippen LogP contribution in [0.4, 0.5) is 5.69 Å². The van der Waals surface area contributed by atoms with Crippen LogP contribution in [0.1, 0.15) is 11.4 Å². The van der Waals surface area contributed by atoms with Gasteiger partial charge in [0, 0.05) is 50.4 Å². The van der Waals surface area contributed by atoms with Gasteiger partial charge in [0.15, 0.2) is 0 Å². The zero-order valence-corrected chi connectivity index (χ0v) is 18.7. The van der Waals surface area contributed by atoms with Crippen LogP contribution in [-0.4, -0.2) is 58.3 Å². The summed E-state index contributed by atoms with van der Waals surface area (Å²) in [7, 11) is -1.86. The van der Waals surface area contributed by atoms with Crippen molar-refractivity contribution in [3.63, 3.8) is 0 Å². The maximum absolute atomic E-state index is 13.1. The van der Waals surface area contributed by atoms with Crippen LogP contribution in [0.5, 0.6) is 0 Å². The van der Waals surface area contributed by atoms with Gasteiger partial charge in [-0.3, -0.25) is 15.0 Å². The van der Waals surface area contributed by atoms with E-state index in [-0.39, 0.29) is 10.6 Å². The van der Waals surface area contributed by atoms with E-state index in [1.54, 1.807) is 6.92 Å². The summed E-state index contributed by atoms with van der Waals surface area (Å²) in [5.41, 5.74) is 2.07. The van der Waals surface area contributed by atoms with Crippen LogP contribution < -0.4 is 0 Å². The molecule has 2 aromatic carbocycles. The van der Waals surface area contributed by atoms with E-state index < -0.39 is 14.9 Å². The minimum Gasteiger partial charge on any atom is -0.330 e. The molecule has 1 saturated heterocycles. The average molecular weight is 464 g/mol. The number of hydrogen-bond acceptors (Lipinski definition) is 6. The van der Waals surface area contributed by atoms with Gasteiger partial charge >= 0.3 is 0 Å². The molecule has 0 atom stereocenters. The van der Waals surface area contributed by atoms with Crippen molar-refractivity contribution in [1.29, 1.82) is 0 Å². The lowest BCUT2D eigenvalue weighted by atomic mass is 10.2. The Balaban J connectivity index is 1.48. The molecule has 1 aliphatic heterocycles. The first-order chi connectivity index (χ1) is 14.7. The number of nitrogens with zero attached hydrogens (tertiary/aromatic N) is 5. The second-order valence-corrected chi connectivity index (χ2v) is 9.95. The Labute approximate surface area is 185 Å². The molecule has 3 aromatic rings. The number of halogens is 1. The average Bonchev–Trinajstić information content (AvgIpc) is 3.03. The van der Waals surface area contributed by atoms with Crippen LogP contribution in [0, 0.1) is 17.0 Å². The van der Waals surface area contributed by atoms with Crippen molar-refractivity contribution in [2.45, 2.75) is 18.4 Å². The first-order valence-electron chi connectivity index (χ1n) is 9.75. The van der Waals surface area contributed by atoms with Crippen molar-refractivity contribution < 1.29 is 13.3 Å². The number of aromatic nitrogens is 2. The van der Waals surface area contributed by atoms with Crippen molar-refractivity contribution in [2.75, 3.05) is 26.2 Å². The topological polar surface area (TPSA) is 102 Å². The van der Waals surface area contributed by atoms with Crippen molar-refractivity contribution in [3.8, 4) is 0 Å². The molecular formula is C20H22ClN5O4S. The molecule has 0 N–H and O–H groups in total. The lowest BCUT2D eigenvalue weighted by Crippen LogP contribution is -2.48. The number of nitro groups is 1. The van der Waals surface area contributed by atoms with E-state index in [2.05, 4.69) is 9.88 Å². The predicted octanol–water partition coefficient (Wildman–Crippen LogP) is 2.95. The fraction of sp³-hybridized carbons (Fsp3) is 0.350. The maximum atomic E-state index is 13.1. The molecule has 0 radical (unpaired) electrons. The quantitative estimate of drug-likeness (QED) is 0.426. The molecule has 4 rings (SSSR count). The molecule has 0 aliphatic carbocycles. The number of benzene rings is 2. The number of imidazole rings is 1. The van der Waals surface area contributed by atoms with Crippen LogP contribution in [-0.2, 0) is 23.6 Å². The van der Waals surface area contributed by atoms with Crippen molar-refractivity contribution in [2.24, 2.45) is 7.05 Å². The second-order valence-electron chi connectivity index (χ2n) is 7.61. The van der Waals surface area contributed by atoms with Crippen LogP contribution in [0.2, 0.25) is 5.02 Å². The highest BCUT2D eigenvalue weighted by Gasteiger charge is 2.31. The Kier molecular flexibility index (Phi) is 5.73. The smallest absolute Gasteiger partial charge is 0.270 e. The molecule has 0 amide bonds. The molecule has 31 heavy (non-hydrogen) atoms. The highest BCUT2D eigenvalue weighted by molar-refractivity contribution is 7.89. The summed E-state index contributed by atoms with van der Waals surface area (Å²) < 4.78 is 29.6. The zero-order chi connectivity index (χ0) is 22.3. The Hall–Kier alpha value is -2.53. The molecular weight excluding hydrogens is 442 g/mol. The Morgan fingerprint density at radius 2 is 1.84 bits per heavy atom. The van der Waals surface area contributed by atoms with Gasteiger partial charge in [-0.15, -0.1) is 0 Å². The molecule has 0 bridgehead atoms. The van der Waals surface area contributed by atoms with E-state index in [9.17, 15) is 18.5 Å². The van der Waals surface area contributed by atoms with Gasteiger partial charge in [0.2, 0.25) is 10.0 Å². The number of nitro benzene ring substituents is 1. The number of hydrogen-bond donors (Lipinski definition) is 0. The third-order valence-corrected chi connectivity index (χ3v) is 7.91. The summed E-state index contributed by atoms with van der Waals surface area (Å²) in [4.78, 5) is 17.3. The fourth-order valence-corrected chi connectivity index (χ4v) is 5.64. The van der Waals surface area contributed by atoms with E-state index in [1.165, 1.54) is 16.4 Å². The van der Waals surface area contributed by atoms with Crippen LogP contribution >= 0.6 is 11.6 Å². The molecule has 0 saturated carbocycles. The highest BCUT2D eigenvalue weighted by Crippen LogP contribution is 2.26. The zero-order valence-electron chi connectivity index (χ0n) is 17.2. The summed E-state index contributed by atoms with van der Waals surface area (Å²) >= 11 is 6.06. The predicted molar refractivity (Wildman–Crippen MR) is 118 cm³/mol. The van der Waals surface area contributed by atoms with Gasteiger partial charge in [0.1, 0.15) is 5.82 Å². The SMILES string of the molecule is Cc1ccc([N+](=O)[O-])cc1S(=O)(=O)N1CCN(Cc2nc3cc(Cl)ccc3n2C)CC1. The molecule has 1 aromatic heterocycles. The molecule has 2 heterocycles. The Morgan fingerprint density at radius 1 is 1.13 bits per heavy atom. The lowest BCUT2D eigenvalue weighted by molar-refractivity contribution is -0.385. The standard InChI is InChI=1S/C20H22ClN5O4S/c1-14-3-5-16(26(27)28)12-19(14)31(29,30)25-9-7-24(8-10-25)13-20-22-17-11-15(21)4-6-18(17)23(20)2/h3-6,11-12H,7-10,13H2,1-2H3. The number of aryl methyl sites for hydroxylation is 2. The van der Waals surface area contributed by atoms with E-state index in [1.807, 2.05) is 29.8 Å². The summed E-state index contributed by atoms with van der Waals surface area (Å²) in [6.07, 6.45) is 0. The number of non-ortho nitro benzene ring substituents is 1. The maximum Gasteiger partial charge on any atom is 0.270 e. The Morgan fingerprint density at radius 3 is 2.52 bits per heavy atom. The van der Waals surface area contributed by atoms with Crippen LogP contribution in [0.3, 0.4) is 0 Å². The highest BCUT2D eigenvalue weighted by atomic mass is 35.5. The minimum absolute atomic E-state index is 0.0117. The van der Waals surface area contributed by atoms with E-state index in [4.69, 9.17) is 11.6 Å². The van der Waals surface area contributed by atoms with Gasteiger partial charge in [-0.25, -0.2) is 13.4 Å². The molecule has 11 heteroatoms. The number of piperazine rings is 1. The summed E-state index contributed by atoms with van der Waals surface area (Å²) in [5.74, 6) is 0.878. The summed E-state index contributed by atoms with van der Waals surface area (Å²) in [6, 6.07) is 9.51. The number of fused-ring (bicyclic) bond motifs is 1. The third kappa shape index (κ3) is 4.16. The molecule has 9 nitrogen and oxygen atoms in total. The molecule has 0 unspecified atom stereocenters. The van der Waals surface area contributed by atoms with Gasteiger partial charge in [0.25, 0.3) is 5.69 Å². The van der Waals surface area contributed by atoms with Gasteiger partial charge < -0.3 is 4.57 Å². The Bertz CT molecular complexity index is 1270. The first-order valence-corrected chi connectivity index (χ1v) is 11.6. The largest absolute Gasteiger partial charge is 0.330 e. The third-order valence-electron chi connectivity index (χ3n) is 5.63. The van der Waals surface area contributed by atoms with Crippen molar-refractivity contribution in [3.05, 3.63) is 62.9 Å². The normalized spacial score (nSPS) is 16.1. The van der Waals surface area contributed by atoms with Gasteiger partial charge in [-0.2, -0.15) is 4.31 Å². The molecule has 0 spiro atoms. The monoisotopic (exact) mass is 463 g/mol. The molecule has 1 aliphatic rings. The lowest BCUT2D eigenvalue weighted by Gasteiger charge is -2.33. The van der Waals surface area contributed by atoms with Crippen molar-refractivity contribution >= 4 is 38.3 Å². The van der Waals surface area contributed by atoms with Crippen LogP contribution in [0.25, 0.3) is 11.0 Å². The van der Waals surface area contributed by atoms with Gasteiger partial charge in [-0.05, 0) is 30.7 Å². The van der Waals surface area contributed by atoms with E-state index in [0.717, 1.165) is 22.9 Å². The fourth-order valence-electron chi connectivity index (χ4n) is 3.81.